The van der Waals surface area contributed by atoms with Crippen LogP contribution in [-0.4, -0.2) is 24.8 Å². The smallest absolute Gasteiger partial charge is 0.0733 e. The van der Waals surface area contributed by atoms with Gasteiger partial charge in [-0.05, 0) is 38.5 Å². The molecule has 2 fully saturated rings. The van der Waals surface area contributed by atoms with Gasteiger partial charge in [-0.1, -0.05) is 11.6 Å². The third-order valence-corrected chi connectivity index (χ3v) is 3.83. The topological polar surface area (TPSA) is 21.3 Å². The molecule has 3 atom stereocenters. The molecule has 2 nitrogen and oxygen atoms in total. The fraction of sp³-hybridized carbons (Fsp3) is 0.833. The number of allylic oxidation sites excluding steroid dienone is 1. The lowest BCUT2D eigenvalue weighted by molar-refractivity contribution is 0.0978. The second kappa shape index (κ2) is 3.67. The summed E-state index contributed by atoms with van der Waals surface area (Å²) in [6.45, 7) is 1.11. The van der Waals surface area contributed by atoms with E-state index in [9.17, 15) is 0 Å². The molecule has 0 aromatic carbocycles. The maximum absolute atomic E-state index is 5.82. The highest BCUT2D eigenvalue weighted by Crippen LogP contribution is 2.34. The zero-order chi connectivity index (χ0) is 9.38. The van der Waals surface area contributed by atoms with E-state index >= 15 is 0 Å². The molecule has 2 aliphatic heterocycles. The van der Waals surface area contributed by atoms with E-state index in [2.05, 4.69) is 11.4 Å². The highest BCUT2D eigenvalue weighted by Gasteiger charge is 2.40. The summed E-state index contributed by atoms with van der Waals surface area (Å²) >= 11 is 0. The Hall–Kier alpha value is -0.340. The first-order chi connectivity index (χ1) is 6.92. The fourth-order valence-electron chi connectivity index (χ4n) is 3.01. The van der Waals surface area contributed by atoms with Gasteiger partial charge >= 0.3 is 0 Å². The molecule has 14 heavy (non-hydrogen) atoms. The summed E-state index contributed by atoms with van der Waals surface area (Å²) in [5, 5.41) is 3.66. The quantitative estimate of drug-likeness (QED) is 0.692. The molecule has 2 bridgehead atoms. The second-order valence-corrected chi connectivity index (χ2v) is 4.85. The Morgan fingerprint density at radius 1 is 1.43 bits per heavy atom. The van der Waals surface area contributed by atoms with Crippen molar-refractivity contribution in [3.8, 4) is 0 Å². The van der Waals surface area contributed by atoms with Crippen LogP contribution in [0.2, 0.25) is 0 Å². The maximum Gasteiger partial charge on any atom is 0.0733 e. The highest BCUT2D eigenvalue weighted by molar-refractivity contribution is 5.10. The van der Waals surface area contributed by atoms with Crippen LogP contribution in [0.1, 0.15) is 38.5 Å². The molecule has 2 heteroatoms. The number of rotatable bonds is 3. The van der Waals surface area contributed by atoms with Crippen LogP contribution in [0.25, 0.3) is 0 Å². The SMILES string of the molecule is C1=C(CNC2CC3CCC2O3)CCC1. The van der Waals surface area contributed by atoms with Crippen LogP contribution < -0.4 is 5.32 Å². The predicted molar refractivity (Wildman–Crippen MR) is 56.2 cm³/mol. The second-order valence-electron chi connectivity index (χ2n) is 4.85. The Morgan fingerprint density at radius 2 is 2.43 bits per heavy atom. The fourth-order valence-corrected chi connectivity index (χ4v) is 3.01. The molecule has 78 valence electrons. The van der Waals surface area contributed by atoms with Gasteiger partial charge in [-0.15, -0.1) is 0 Å². The van der Waals surface area contributed by atoms with Crippen molar-refractivity contribution in [2.45, 2.75) is 56.8 Å². The number of fused-ring (bicyclic) bond motifs is 2. The van der Waals surface area contributed by atoms with Gasteiger partial charge in [0, 0.05) is 12.6 Å². The van der Waals surface area contributed by atoms with E-state index in [1.54, 1.807) is 5.57 Å². The zero-order valence-corrected chi connectivity index (χ0v) is 8.67. The number of hydrogen-bond acceptors (Lipinski definition) is 2. The molecule has 0 aromatic heterocycles. The van der Waals surface area contributed by atoms with Crippen LogP contribution in [-0.2, 0) is 4.74 Å². The molecule has 2 heterocycles. The molecular weight excluding hydrogens is 174 g/mol. The molecule has 3 rings (SSSR count). The molecular formula is C12H19NO. The number of hydrogen-bond donors (Lipinski definition) is 1. The van der Waals surface area contributed by atoms with E-state index < -0.39 is 0 Å². The molecule has 2 saturated heterocycles. The van der Waals surface area contributed by atoms with Gasteiger partial charge in [-0.3, -0.25) is 0 Å². The van der Waals surface area contributed by atoms with Gasteiger partial charge in [0.25, 0.3) is 0 Å². The van der Waals surface area contributed by atoms with Gasteiger partial charge < -0.3 is 10.1 Å². The third-order valence-electron chi connectivity index (χ3n) is 3.83. The first-order valence-electron chi connectivity index (χ1n) is 5.98. The average molecular weight is 193 g/mol. The van der Waals surface area contributed by atoms with Crippen molar-refractivity contribution in [3.63, 3.8) is 0 Å². The van der Waals surface area contributed by atoms with E-state index in [1.807, 2.05) is 0 Å². The summed E-state index contributed by atoms with van der Waals surface area (Å²) in [5.74, 6) is 0. The first-order valence-corrected chi connectivity index (χ1v) is 5.98. The van der Waals surface area contributed by atoms with E-state index in [4.69, 9.17) is 4.74 Å². The molecule has 1 N–H and O–H groups in total. The van der Waals surface area contributed by atoms with Crippen LogP contribution in [0.5, 0.6) is 0 Å². The number of ether oxygens (including phenoxy) is 1. The largest absolute Gasteiger partial charge is 0.373 e. The minimum atomic E-state index is 0.530. The Bertz CT molecular complexity index is 249. The standard InChI is InChI=1S/C12H19NO/c1-2-4-9(3-1)8-13-11-7-10-5-6-12(11)14-10/h3,10-13H,1-2,4-8H2. The molecule has 0 saturated carbocycles. The minimum absolute atomic E-state index is 0.530. The van der Waals surface area contributed by atoms with Gasteiger partial charge in [0.05, 0.1) is 12.2 Å². The third kappa shape index (κ3) is 1.61. The van der Waals surface area contributed by atoms with Gasteiger partial charge in [-0.2, -0.15) is 0 Å². The Balaban J connectivity index is 1.49. The van der Waals surface area contributed by atoms with Crippen molar-refractivity contribution in [1.82, 2.24) is 5.32 Å². The number of nitrogens with one attached hydrogen (secondary N) is 1. The summed E-state index contributed by atoms with van der Waals surface area (Å²) in [6, 6.07) is 0.648. The normalized spacial score (nSPS) is 40.6. The van der Waals surface area contributed by atoms with Crippen molar-refractivity contribution in [1.29, 1.82) is 0 Å². The van der Waals surface area contributed by atoms with Crippen molar-refractivity contribution in [2.75, 3.05) is 6.54 Å². The molecule has 0 amide bonds. The molecule has 1 aliphatic carbocycles. The molecule has 3 unspecified atom stereocenters. The average Bonchev–Trinajstić information content (AvgIpc) is 2.91. The summed E-state index contributed by atoms with van der Waals surface area (Å²) in [4.78, 5) is 0. The highest BCUT2D eigenvalue weighted by atomic mass is 16.5. The van der Waals surface area contributed by atoms with Gasteiger partial charge in [0.1, 0.15) is 0 Å². The molecule has 0 radical (unpaired) electrons. The van der Waals surface area contributed by atoms with Crippen LogP contribution >= 0.6 is 0 Å². The summed E-state index contributed by atoms with van der Waals surface area (Å²) in [5.41, 5.74) is 1.62. The Morgan fingerprint density at radius 3 is 3.07 bits per heavy atom. The maximum atomic E-state index is 5.82. The summed E-state index contributed by atoms with van der Waals surface area (Å²) in [6.07, 6.45) is 11.3. The Kier molecular flexibility index (Phi) is 2.34. The summed E-state index contributed by atoms with van der Waals surface area (Å²) < 4.78 is 5.82. The lowest BCUT2D eigenvalue weighted by atomic mass is 9.95. The monoisotopic (exact) mass is 193 g/mol. The summed E-state index contributed by atoms with van der Waals surface area (Å²) in [7, 11) is 0. The van der Waals surface area contributed by atoms with Crippen molar-refractivity contribution >= 4 is 0 Å². The van der Waals surface area contributed by atoms with Crippen LogP contribution in [0, 0.1) is 0 Å². The van der Waals surface area contributed by atoms with Crippen molar-refractivity contribution < 1.29 is 4.74 Å². The Labute approximate surface area is 85.7 Å². The van der Waals surface area contributed by atoms with E-state index in [1.165, 1.54) is 38.5 Å². The van der Waals surface area contributed by atoms with Crippen molar-refractivity contribution in [3.05, 3.63) is 11.6 Å². The lowest BCUT2D eigenvalue weighted by Gasteiger charge is -2.20. The lowest BCUT2D eigenvalue weighted by Crippen LogP contribution is -2.38. The van der Waals surface area contributed by atoms with Crippen LogP contribution in [0.15, 0.2) is 11.6 Å². The zero-order valence-electron chi connectivity index (χ0n) is 8.67. The van der Waals surface area contributed by atoms with Gasteiger partial charge in [0.2, 0.25) is 0 Å². The van der Waals surface area contributed by atoms with Gasteiger partial charge in [-0.25, -0.2) is 0 Å². The predicted octanol–water partition coefficient (Wildman–Crippen LogP) is 2.01. The minimum Gasteiger partial charge on any atom is -0.373 e. The van der Waals surface area contributed by atoms with E-state index in [0.29, 0.717) is 18.2 Å². The molecule has 3 aliphatic rings. The molecule has 0 aromatic rings. The van der Waals surface area contributed by atoms with E-state index in [-0.39, 0.29) is 0 Å². The van der Waals surface area contributed by atoms with Gasteiger partial charge in [0.15, 0.2) is 0 Å². The first kappa shape index (κ1) is 8.93. The van der Waals surface area contributed by atoms with Crippen LogP contribution in [0.3, 0.4) is 0 Å². The van der Waals surface area contributed by atoms with Crippen LogP contribution in [0.4, 0.5) is 0 Å². The van der Waals surface area contributed by atoms with E-state index in [0.717, 1.165) is 6.54 Å². The molecule has 0 spiro atoms. The van der Waals surface area contributed by atoms with Crippen molar-refractivity contribution in [2.24, 2.45) is 0 Å².